The van der Waals surface area contributed by atoms with E-state index in [1.54, 1.807) is 12.3 Å². The fraction of sp³-hybridized carbons (Fsp3) is 0.643. The molecule has 1 N–H and O–H groups in total. The van der Waals surface area contributed by atoms with Gasteiger partial charge in [0.2, 0.25) is 5.95 Å². The van der Waals surface area contributed by atoms with Crippen LogP contribution >= 0.6 is 0 Å². The predicted molar refractivity (Wildman–Crippen MR) is 70.9 cm³/mol. The molecule has 0 amide bonds. The second kappa shape index (κ2) is 5.81. The van der Waals surface area contributed by atoms with E-state index in [-0.39, 0.29) is 0 Å². The molecule has 0 aromatic carbocycles. The molecule has 0 aliphatic heterocycles. The van der Waals surface area contributed by atoms with Crippen molar-refractivity contribution in [2.45, 2.75) is 45.6 Å². The van der Waals surface area contributed by atoms with Gasteiger partial charge in [0.1, 0.15) is 0 Å². The molecule has 1 aliphatic rings. The van der Waals surface area contributed by atoms with Gasteiger partial charge in [-0.1, -0.05) is 26.7 Å². The molecule has 96 valence electrons. The first-order chi connectivity index (χ1) is 8.70. The minimum Gasteiger partial charge on any atom is -0.351 e. The number of hydrogen-bond acceptors (Lipinski definition) is 4. The molecule has 1 heterocycles. The van der Waals surface area contributed by atoms with Crippen LogP contribution in [0, 0.1) is 23.2 Å². The second-order valence-corrected chi connectivity index (χ2v) is 5.22. The van der Waals surface area contributed by atoms with Crippen LogP contribution in [-0.2, 0) is 6.42 Å². The Bertz CT molecular complexity index is 438. The zero-order valence-corrected chi connectivity index (χ0v) is 11.1. The smallest absolute Gasteiger partial charge is 0.223 e. The summed E-state index contributed by atoms with van der Waals surface area (Å²) in [7, 11) is 0. The molecule has 1 aliphatic carbocycles. The van der Waals surface area contributed by atoms with Gasteiger partial charge in [0.25, 0.3) is 0 Å². The Balaban J connectivity index is 2.04. The van der Waals surface area contributed by atoms with Crippen molar-refractivity contribution in [2.75, 3.05) is 5.32 Å². The van der Waals surface area contributed by atoms with E-state index in [4.69, 9.17) is 5.26 Å². The lowest BCUT2D eigenvalue weighted by Crippen LogP contribution is -2.35. The van der Waals surface area contributed by atoms with Gasteiger partial charge in [0.05, 0.1) is 18.2 Å². The van der Waals surface area contributed by atoms with E-state index in [1.165, 1.54) is 19.3 Å². The van der Waals surface area contributed by atoms with Crippen LogP contribution in [0.1, 0.15) is 38.8 Å². The van der Waals surface area contributed by atoms with Crippen molar-refractivity contribution in [3.8, 4) is 6.07 Å². The lowest BCUT2D eigenvalue weighted by atomic mass is 9.78. The highest BCUT2D eigenvalue weighted by molar-refractivity contribution is 5.28. The Hall–Kier alpha value is -1.63. The predicted octanol–water partition coefficient (Wildman–Crippen LogP) is 2.78. The Labute approximate surface area is 108 Å². The van der Waals surface area contributed by atoms with Crippen LogP contribution in [0.5, 0.6) is 0 Å². The lowest BCUT2D eigenvalue weighted by molar-refractivity contribution is 0.252. The monoisotopic (exact) mass is 244 g/mol. The highest BCUT2D eigenvalue weighted by atomic mass is 15.1. The molecule has 4 heteroatoms. The lowest BCUT2D eigenvalue weighted by Gasteiger charge is -2.34. The zero-order valence-electron chi connectivity index (χ0n) is 11.1. The summed E-state index contributed by atoms with van der Waals surface area (Å²) in [5.41, 5.74) is 0.784. The van der Waals surface area contributed by atoms with E-state index < -0.39 is 0 Å². The number of nitriles is 1. The first-order valence-corrected chi connectivity index (χ1v) is 6.66. The van der Waals surface area contributed by atoms with Crippen LogP contribution in [0.4, 0.5) is 5.95 Å². The molecule has 1 saturated carbocycles. The van der Waals surface area contributed by atoms with Gasteiger partial charge >= 0.3 is 0 Å². The maximum atomic E-state index is 8.68. The topological polar surface area (TPSA) is 61.6 Å². The van der Waals surface area contributed by atoms with Crippen molar-refractivity contribution in [2.24, 2.45) is 11.8 Å². The van der Waals surface area contributed by atoms with Crippen molar-refractivity contribution >= 4 is 5.95 Å². The fourth-order valence-electron chi connectivity index (χ4n) is 2.60. The Kier molecular flexibility index (Phi) is 4.14. The van der Waals surface area contributed by atoms with Crippen molar-refractivity contribution < 1.29 is 0 Å². The normalized spacial score (nSPS) is 27.5. The van der Waals surface area contributed by atoms with Crippen LogP contribution in [0.3, 0.4) is 0 Å². The molecule has 1 fully saturated rings. The van der Waals surface area contributed by atoms with Crippen molar-refractivity contribution in [1.29, 1.82) is 5.26 Å². The minimum atomic E-state index is 0.341. The summed E-state index contributed by atoms with van der Waals surface area (Å²) in [6.45, 7) is 4.60. The maximum Gasteiger partial charge on any atom is 0.223 e. The Morgan fingerprint density at radius 1 is 1.44 bits per heavy atom. The molecular weight excluding hydrogens is 224 g/mol. The van der Waals surface area contributed by atoms with Gasteiger partial charge in [0.15, 0.2) is 0 Å². The van der Waals surface area contributed by atoms with E-state index in [9.17, 15) is 0 Å². The second-order valence-electron chi connectivity index (χ2n) is 5.22. The molecule has 1 aromatic heterocycles. The third kappa shape index (κ3) is 2.98. The molecule has 18 heavy (non-hydrogen) atoms. The summed E-state index contributed by atoms with van der Waals surface area (Å²) in [6.07, 6.45) is 5.82. The van der Waals surface area contributed by atoms with Gasteiger partial charge in [-0.25, -0.2) is 9.97 Å². The molecule has 3 unspecified atom stereocenters. The van der Waals surface area contributed by atoms with E-state index in [0.29, 0.717) is 24.3 Å². The number of anilines is 1. The fourth-order valence-corrected chi connectivity index (χ4v) is 2.60. The average Bonchev–Trinajstić information content (AvgIpc) is 2.36. The summed E-state index contributed by atoms with van der Waals surface area (Å²) in [6, 6.07) is 4.36. The van der Waals surface area contributed by atoms with Crippen molar-refractivity contribution in [3.63, 3.8) is 0 Å². The van der Waals surface area contributed by atoms with Gasteiger partial charge in [-0.05, 0) is 24.3 Å². The maximum absolute atomic E-state index is 8.68. The van der Waals surface area contributed by atoms with Crippen molar-refractivity contribution in [1.82, 2.24) is 9.97 Å². The quantitative estimate of drug-likeness (QED) is 0.888. The van der Waals surface area contributed by atoms with E-state index in [1.807, 2.05) is 0 Å². The number of hydrogen-bond donors (Lipinski definition) is 1. The minimum absolute atomic E-state index is 0.341. The van der Waals surface area contributed by atoms with Gasteiger partial charge < -0.3 is 5.32 Å². The van der Waals surface area contributed by atoms with E-state index in [2.05, 4.69) is 35.2 Å². The van der Waals surface area contributed by atoms with Gasteiger partial charge in [-0.2, -0.15) is 5.26 Å². The van der Waals surface area contributed by atoms with Crippen LogP contribution in [-0.4, -0.2) is 16.0 Å². The standard InChI is InChI=1S/C14H20N4/c1-10-4-3-5-13(11(10)2)18-14-16-9-7-12(17-14)6-8-15/h7,9-11,13H,3-6H2,1-2H3,(H,16,17,18). The number of rotatable bonds is 3. The van der Waals surface area contributed by atoms with Crippen LogP contribution in [0.25, 0.3) is 0 Å². The number of aromatic nitrogens is 2. The SMILES string of the molecule is CC1CCCC(Nc2nccc(CC#N)n2)C1C. The van der Waals surface area contributed by atoms with Crippen LogP contribution < -0.4 is 5.32 Å². The zero-order chi connectivity index (χ0) is 13.0. The third-order valence-electron chi connectivity index (χ3n) is 3.99. The molecule has 0 bridgehead atoms. The molecule has 3 atom stereocenters. The molecule has 2 rings (SSSR count). The van der Waals surface area contributed by atoms with Crippen LogP contribution in [0.2, 0.25) is 0 Å². The molecular formula is C14H20N4. The summed E-state index contributed by atoms with van der Waals surface area (Å²) in [4.78, 5) is 8.61. The summed E-state index contributed by atoms with van der Waals surface area (Å²) in [5.74, 6) is 2.05. The first-order valence-electron chi connectivity index (χ1n) is 6.66. The van der Waals surface area contributed by atoms with Gasteiger partial charge in [0, 0.05) is 12.2 Å². The van der Waals surface area contributed by atoms with Gasteiger partial charge in [-0.3, -0.25) is 0 Å². The molecule has 0 saturated heterocycles. The summed E-state index contributed by atoms with van der Waals surface area (Å²) >= 11 is 0. The Morgan fingerprint density at radius 3 is 3.06 bits per heavy atom. The van der Waals surface area contributed by atoms with Crippen LogP contribution in [0.15, 0.2) is 12.3 Å². The van der Waals surface area contributed by atoms with Crippen molar-refractivity contribution in [3.05, 3.63) is 18.0 Å². The average molecular weight is 244 g/mol. The first kappa shape index (κ1) is 12.8. The molecule has 4 nitrogen and oxygen atoms in total. The summed E-state index contributed by atoms with van der Waals surface area (Å²) < 4.78 is 0. The molecule has 0 radical (unpaired) electrons. The number of nitrogens with zero attached hydrogens (tertiary/aromatic N) is 3. The largest absolute Gasteiger partial charge is 0.351 e. The highest BCUT2D eigenvalue weighted by Gasteiger charge is 2.27. The Morgan fingerprint density at radius 2 is 2.28 bits per heavy atom. The number of nitrogens with one attached hydrogen (secondary N) is 1. The molecule has 1 aromatic rings. The third-order valence-corrected chi connectivity index (χ3v) is 3.99. The van der Waals surface area contributed by atoms with E-state index >= 15 is 0 Å². The highest BCUT2D eigenvalue weighted by Crippen LogP contribution is 2.30. The summed E-state index contributed by atoms with van der Waals surface area (Å²) in [5, 5.41) is 12.1. The van der Waals surface area contributed by atoms with E-state index in [0.717, 1.165) is 11.6 Å². The molecule has 0 spiro atoms. The van der Waals surface area contributed by atoms with Gasteiger partial charge in [-0.15, -0.1) is 0 Å².